The van der Waals surface area contributed by atoms with Crippen molar-refractivity contribution in [1.29, 1.82) is 0 Å². The lowest BCUT2D eigenvalue weighted by atomic mass is 9.84. The third kappa shape index (κ3) is 9.95. The third-order valence-electron chi connectivity index (χ3n) is 6.07. The van der Waals surface area contributed by atoms with Gasteiger partial charge in [-0.05, 0) is 36.7 Å². The van der Waals surface area contributed by atoms with Crippen LogP contribution in [0, 0.1) is 11.8 Å². The Labute approximate surface area is 201 Å². The molecule has 1 aliphatic carbocycles. The van der Waals surface area contributed by atoms with E-state index in [1.165, 1.54) is 6.42 Å². The van der Waals surface area contributed by atoms with Gasteiger partial charge in [0.15, 0.2) is 0 Å². The van der Waals surface area contributed by atoms with E-state index in [4.69, 9.17) is 9.79 Å². The Morgan fingerprint density at radius 1 is 0.971 bits per heavy atom. The minimum Gasteiger partial charge on any atom is -0.354 e. The van der Waals surface area contributed by atoms with Gasteiger partial charge in [-0.1, -0.05) is 76.3 Å². The summed E-state index contributed by atoms with van der Waals surface area (Å²) in [6.45, 7) is 4.09. The lowest BCUT2D eigenvalue weighted by molar-refractivity contribution is -0.130. The number of hydrogen-bond donors (Lipinski definition) is 5. The van der Waals surface area contributed by atoms with Crippen LogP contribution >= 0.6 is 7.60 Å². The Hall–Kier alpha value is -2.22. The minimum absolute atomic E-state index is 0.0238. The van der Waals surface area contributed by atoms with Crippen molar-refractivity contribution in [1.82, 2.24) is 16.0 Å². The molecule has 0 aromatic heterocycles. The molecule has 2 rings (SSSR count). The van der Waals surface area contributed by atoms with E-state index < -0.39 is 31.2 Å². The largest absolute Gasteiger partial charge is 0.413 e. The number of carbonyl (C=O) groups excluding carboxylic acids is 3. The van der Waals surface area contributed by atoms with Gasteiger partial charge in [0.1, 0.15) is 12.1 Å². The first-order valence-electron chi connectivity index (χ1n) is 12.0. The number of benzene rings is 1. The van der Waals surface area contributed by atoms with E-state index in [2.05, 4.69) is 16.0 Å². The molecule has 34 heavy (non-hydrogen) atoms. The molecular weight excluding hydrogens is 457 g/mol. The number of nitrogens with one attached hydrogen (secondary N) is 3. The van der Waals surface area contributed by atoms with Crippen molar-refractivity contribution in [3.8, 4) is 0 Å². The maximum absolute atomic E-state index is 13.0. The van der Waals surface area contributed by atoms with E-state index in [-0.39, 0.29) is 18.2 Å². The van der Waals surface area contributed by atoms with Crippen molar-refractivity contribution in [3.05, 3.63) is 35.9 Å². The Morgan fingerprint density at radius 3 is 2.21 bits per heavy atom. The molecule has 10 heteroatoms. The Morgan fingerprint density at radius 2 is 1.62 bits per heavy atom. The van der Waals surface area contributed by atoms with Crippen molar-refractivity contribution in [3.63, 3.8) is 0 Å². The van der Waals surface area contributed by atoms with Gasteiger partial charge in [0.2, 0.25) is 11.8 Å². The molecule has 0 spiro atoms. The van der Waals surface area contributed by atoms with Crippen LogP contribution in [0.3, 0.4) is 0 Å². The van der Waals surface area contributed by atoms with Crippen LogP contribution in [0.5, 0.6) is 0 Å². The Balaban J connectivity index is 2.07. The van der Waals surface area contributed by atoms with Crippen molar-refractivity contribution < 1.29 is 28.7 Å². The summed E-state index contributed by atoms with van der Waals surface area (Å²) in [4.78, 5) is 56.2. The van der Waals surface area contributed by atoms with E-state index in [9.17, 15) is 18.9 Å². The van der Waals surface area contributed by atoms with Crippen LogP contribution in [0.25, 0.3) is 0 Å². The van der Waals surface area contributed by atoms with Crippen molar-refractivity contribution in [2.45, 2.75) is 77.3 Å². The average molecular weight is 496 g/mol. The lowest BCUT2D eigenvalue weighted by Gasteiger charge is -2.28. The molecule has 2 unspecified atom stereocenters. The number of carbonyl (C=O) groups is 3. The summed E-state index contributed by atoms with van der Waals surface area (Å²) in [5.41, 5.74) is -0.405. The molecule has 1 aromatic carbocycles. The predicted molar refractivity (Wildman–Crippen MR) is 130 cm³/mol. The van der Waals surface area contributed by atoms with E-state index in [1.54, 1.807) is 0 Å². The van der Waals surface area contributed by atoms with Crippen molar-refractivity contribution >= 4 is 25.1 Å². The zero-order valence-corrected chi connectivity index (χ0v) is 20.9. The van der Waals surface area contributed by atoms with Crippen LogP contribution in [-0.4, -0.2) is 45.9 Å². The smallest absolute Gasteiger partial charge is 0.354 e. The molecule has 1 aliphatic rings. The van der Waals surface area contributed by atoms with E-state index in [0.717, 1.165) is 31.2 Å². The molecule has 5 N–H and O–H groups in total. The zero-order chi connectivity index (χ0) is 25.1. The Bertz CT molecular complexity index is 852. The van der Waals surface area contributed by atoms with Gasteiger partial charge >= 0.3 is 13.2 Å². The van der Waals surface area contributed by atoms with Crippen LogP contribution in [0.15, 0.2) is 30.3 Å². The lowest BCUT2D eigenvalue weighted by Crippen LogP contribution is -2.54. The van der Waals surface area contributed by atoms with Crippen LogP contribution in [0.4, 0.5) is 4.79 Å². The second kappa shape index (κ2) is 13.6. The molecular formula is C24H38N3O6P. The fourth-order valence-corrected chi connectivity index (χ4v) is 4.62. The van der Waals surface area contributed by atoms with Crippen LogP contribution in [0.1, 0.15) is 64.4 Å². The molecule has 190 valence electrons. The molecule has 1 fully saturated rings. The fraction of sp³-hybridized carbons (Fsp3) is 0.625. The van der Waals surface area contributed by atoms with Gasteiger partial charge < -0.3 is 25.7 Å². The fourth-order valence-electron chi connectivity index (χ4n) is 4.29. The molecule has 2 atom stereocenters. The summed E-state index contributed by atoms with van der Waals surface area (Å²) in [5, 5.41) is 7.82. The Kier molecular flexibility index (Phi) is 11.2. The quantitative estimate of drug-likeness (QED) is 0.282. The average Bonchev–Trinajstić information content (AvgIpc) is 2.78. The first-order chi connectivity index (χ1) is 16.1. The van der Waals surface area contributed by atoms with Crippen LogP contribution in [0.2, 0.25) is 0 Å². The monoisotopic (exact) mass is 495 g/mol. The van der Waals surface area contributed by atoms with Gasteiger partial charge in [0.05, 0.1) is 0 Å². The molecule has 1 aromatic rings. The maximum Gasteiger partial charge on any atom is 0.413 e. The van der Waals surface area contributed by atoms with Crippen LogP contribution < -0.4 is 16.0 Å². The van der Waals surface area contributed by atoms with E-state index in [0.29, 0.717) is 25.3 Å². The van der Waals surface area contributed by atoms with Gasteiger partial charge in [0, 0.05) is 6.54 Å². The second-order valence-electron chi connectivity index (χ2n) is 9.50. The molecule has 0 heterocycles. The van der Waals surface area contributed by atoms with Gasteiger partial charge in [-0.3, -0.25) is 14.4 Å². The molecule has 9 nitrogen and oxygen atoms in total. The maximum atomic E-state index is 13.0. The van der Waals surface area contributed by atoms with Gasteiger partial charge in [-0.2, -0.15) is 0 Å². The van der Waals surface area contributed by atoms with Gasteiger partial charge in [-0.25, -0.2) is 4.57 Å². The highest BCUT2D eigenvalue weighted by Gasteiger charge is 2.33. The van der Waals surface area contributed by atoms with Gasteiger partial charge in [-0.15, -0.1) is 0 Å². The summed E-state index contributed by atoms with van der Waals surface area (Å²) in [6, 6.07) is 7.82. The minimum atomic E-state index is -5.03. The van der Waals surface area contributed by atoms with Crippen LogP contribution in [-0.2, 0) is 20.6 Å². The standard InChI is InChI=1S/C24H38N3O6P/c1-17(2)15-20(27-24(30)34(31,32)33)23(29)26-21(16-19-11-7-4-8-12-19)22(28)25-14-13-18-9-5-3-6-10-18/h3,5-6,9-10,17,19-21H,4,7-8,11-16H2,1-2H3,(H,25,28)(H,26,29)(H,27,30)(H2,31,32,33). The molecule has 0 radical (unpaired) electrons. The highest BCUT2D eigenvalue weighted by Crippen LogP contribution is 2.35. The van der Waals surface area contributed by atoms with Crippen molar-refractivity contribution in [2.75, 3.05) is 6.54 Å². The summed E-state index contributed by atoms with van der Waals surface area (Å²) >= 11 is 0. The molecule has 0 aliphatic heterocycles. The number of hydrogen-bond acceptors (Lipinski definition) is 4. The predicted octanol–water partition coefficient (Wildman–Crippen LogP) is 3.10. The van der Waals surface area contributed by atoms with E-state index in [1.807, 2.05) is 44.2 Å². The SMILES string of the molecule is CC(C)CC(NC(=O)P(=O)(O)O)C(=O)NC(CC1CCCCC1)C(=O)NCCc1ccccc1. The summed E-state index contributed by atoms with van der Waals surface area (Å²) in [5.74, 6) is -0.620. The highest BCUT2D eigenvalue weighted by molar-refractivity contribution is 7.69. The molecule has 0 bridgehead atoms. The first kappa shape index (κ1) is 28.0. The second-order valence-corrected chi connectivity index (χ2v) is 11.0. The summed E-state index contributed by atoms with van der Waals surface area (Å²) in [6.07, 6.45) is 6.67. The summed E-state index contributed by atoms with van der Waals surface area (Å²) in [7, 11) is -5.03. The van der Waals surface area contributed by atoms with Crippen molar-refractivity contribution in [2.24, 2.45) is 11.8 Å². The summed E-state index contributed by atoms with van der Waals surface area (Å²) < 4.78 is 11.3. The third-order valence-corrected chi connectivity index (χ3v) is 6.73. The molecule has 3 amide bonds. The zero-order valence-electron chi connectivity index (χ0n) is 20.0. The first-order valence-corrected chi connectivity index (χ1v) is 13.7. The highest BCUT2D eigenvalue weighted by atomic mass is 31.2. The van der Waals surface area contributed by atoms with Gasteiger partial charge in [0.25, 0.3) is 0 Å². The topological polar surface area (TPSA) is 145 Å². The number of rotatable bonds is 12. The normalized spacial score (nSPS) is 16.5. The molecule has 1 saturated carbocycles. The number of amides is 3. The van der Waals surface area contributed by atoms with E-state index >= 15 is 0 Å². The molecule has 0 saturated heterocycles.